The van der Waals surface area contributed by atoms with Gasteiger partial charge in [0.05, 0.1) is 0 Å². The molecule has 0 aromatic heterocycles. The number of ether oxygens (including phenoxy) is 1. The largest absolute Gasteiger partial charge is 0.444 e. The number of benzene rings is 1. The summed E-state index contributed by atoms with van der Waals surface area (Å²) >= 11 is 0. The second kappa shape index (κ2) is 7.14. The van der Waals surface area contributed by atoms with E-state index in [1.807, 2.05) is 25.7 Å². The second-order valence-electron chi connectivity index (χ2n) is 8.71. The average molecular weight is 366 g/mol. The van der Waals surface area contributed by atoms with Crippen molar-refractivity contribution in [3.05, 3.63) is 35.4 Å². The van der Waals surface area contributed by atoms with Crippen molar-refractivity contribution >= 4 is 6.09 Å². The minimum absolute atomic E-state index is 0.0771. The highest BCUT2D eigenvalue weighted by atomic mass is 19.2. The van der Waals surface area contributed by atoms with Crippen LogP contribution in [0.4, 0.5) is 13.6 Å². The molecule has 1 spiro atoms. The number of hydrogen-bond donors (Lipinski definition) is 0. The van der Waals surface area contributed by atoms with Gasteiger partial charge in [-0.1, -0.05) is 6.07 Å². The highest BCUT2D eigenvalue weighted by Crippen LogP contribution is 2.39. The van der Waals surface area contributed by atoms with Gasteiger partial charge in [-0.05, 0) is 64.3 Å². The molecule has 2 saturated heterocycles. The zero-order valence-corrected chi connectivity index (χ0v) is 15.9. The Labute approximate surface area is 154 Å². The van der Waals surface area contributed by atoms with Crippen molar-refractivity contribution in [2.75, 3.05) is 26.2 Å². The van der Waals surface area contributed by atoms with Gasteiger partial charge in [0.25, 0.3) is 0 Å². The molecule has 2 fully saturated rings. The molecule has 0 radical (unpaired) electrons. The molecule has 0 aliphatic carbocycles. The molecule has 1 amide bonds. The Balaban J connectivity index is 1.60. The molecule has 1 atom stereocenters. The maximum atomic E-state index is 13.4. The molecule has 0 N–H and O–H groups in total. The lowest BCUT2D eigenvalue weighted by Gasteiger charge is -2.40. The fourth-order valence-electron chi connectivity index (χ4n) is 4.08. The summed E-state index contributed by atoms with van der Waals surface area (Å²) in [6.07, 6.45) is 2.82. The van der Waals surface area contributed by atoms with Crippen LogP contribution in [-0.4, -0.2) is 47.7 Å². The monoisotopic (exact) mass is 366 g/mol. The van der Waals surface area contributed by atoms with Crippen LogP contribution in [-0.2, 0) is 11.3 Å². The minimum Gasteiger partial charge on any atom is -0.444 e. The van der Waals surface area contributed by atoms with Gasteiger partial charge in [0.2, 0.25) is 0 Å². The Hall–Kier alpha value is -1.69. The van der Waals surface area contributed by atoms with Gasteiger partial charge in [-0.2, -0.15) is 0 Å². The van der Waals surface area contributed by atoms with Gasteiger partial charge in [-0.15, -0.1) is 0 Å². The van der Waals surface area contributed by atoms with Crippen LogP contribution < -0.4 is 0 Å². The number of halogens is 2. The molecular weight excluding hydrogens is 338 g/mol. The summed E-state index contributed by atoms with van der Waals surface area (Å²) in [5.41, 5.74) is 0.366. The van der Waals surface area contributed by atoms with E-state index in [-0.39, 0.29) is 11.5 Å². The van der Waals surface area contributed by atoms with Crippen molar-refractivity contribution in [2.45, 2.75) is 52.2 Å². The van der Waals surface area contributed by atoms with Crippen LogP contribution in [0.3, 0.4) is 0 Å². The summed E-state index contributed by atoms with van der Waals surface area (Å²) in [5.74, 6) is -1.61. The minimum atomic E-state index is -0.813. The molecule has 2 heterocycles. The first-order valence-corrected chi connectivity index (χ1v) is 9.30. The van der Waals surface area contributed by atoms with E-state index in [4.69, 9.17) is 4.74 Å². The molecule has 144 valence electrons. The van der Waals surface area contributed by atoms with Gasteiger partial charge in [0.15, 0.2) is 11.6 Å². The first-order valence-electron chi connectivity index (χ1n) is 9.30. The van der Waals surface area contributed by atoms with Crippen LogP contribution in [0, 0.1) is 17.0 Å². The summed E-state index contributed by atoms with van der Waals surface area (Å²) < 4.78 is 32.0. The quantitative estimate of drug-likeness (QED) is 0.787. The first kappa shape index (κ1) is 19.1. The first-order chi connectivity index (χ1) is 12.2. The normalized spacial score (nSPS) is 24.3. The molecule has 1 unspecified atom stereocenters. The third-order valence-corrected chi connectivity index (χ3v) is 5.22. The summed E-state index contributed by atoms with van der Waals surface area (Å²) in [5, 5.41) is 0. The van der Waals surface area contributed by atoms with E-state index < -0.39 is 17.2 Å². The lowest BCUT2D eigenvalue weighted by molar-refractivity contribution is 0.00532. The summed E-state index contributed by atoms with van der Waals surface area (Å²) in [6.45, 7) is 9.45. The lowest BCUT2D eigenvalue weighted by Crippen LogP contribution is -2.48. The van der Waals surface area contributed by atoms with Crippen LogP contribution in [0.25, 0.3) is 0 Å². The second-order valence-corrected chi connectivity index (χ2v) is 8.71. The van der Waals surface area contributed by atoms with Crippen molar-refractivity contribution in [3.8, 4) is 0 Å². The van der Waals surface area contributed by atoms with Crippen molar-refractivity contribution in [2.24, 2.45) is 5.41 Å². The highest BCUT2D eigenvalue weighted by molar-refractivity contribution is 5.68. The van der Waals surface area contributed by atoms with Crippen LogP contribution in [0.1, 0.15) is 45.6 Å². The molecule has 6 heteroatoms. The third kappa shape index (κ3) is 4.53. The predicted octanol–water partition coefficient (Wildman–Crippen LogP) is 4.19. The van der Waals surface area contributed by atoms with Crippen LogP contribution in [0.5, 0.6) is 0 Å². The van der Waals surface area contributed by atoms with Gasteiger partial charge < -0.3 is 9.64 Å². The molecule has 0 saturated carbocycles. The Bertz CT molecular complexity index is 674. The third-order valence-electron chi connectivity index (χ3n) is 5.22. The van der Waals surface area contributed by atoms with E-state index in [2.05, 4.69) is 4.90 Å². The number of carbonyl (C=O) groups is 1. The molecule has 1 aromatic rings. The molecule has 4 nitrogen and oxygen atoms in total. The number of piperidine rings is 1. The van der Waals surface area contributed by atoms with Crippen LogP contribution in [0.15, 0.2) is 18.2 Å². The zero-order valence-electron chi connectivity index (χ0n) is 15.9. The Kier molecular flexibility index (Phi) is 5.24. The van der Waals surface area contributed by atoms with Crippen molar-refractivity contribution < 1.29 is 18.3 Å². The summed E-state index contributed by atoms with van der Waals surface area (Å²) in [6, 6.07) is 4.09. The number of hydrogen-bond acceptors (Lipinski definition) is 3. The van der Waals surface area contributed by atoms with E-state index in [0.29, 0.717) is 13.1 Å². The van der Waals surface area contributed by atoms with Gasteiger partial charge >= 0.3 is 6.09 Å². The Morgan fingerprint density at radius 1 is 1.15 bits per heavy atom. The predicted molar refractivity (Wildman–Crippen MR) is 95.7 cm³/mol. The maximum Gasteiger partial charge on any atom is 0.410 e. The van der Waals surface area contributed by atoms with Gasteiger partial charge in [-0.25, -0.2) is 13.6 Å². The number of amides is 1. The molecule has 0 bridgehead atoms. The van der Waals surface area contributed by atoms with E-state index in [1.54, 1.807) is 6.07 Å². The fraction of sp³-hybridized carbons (Fsp3) is 0.650. The maximum absolute atomic E-state index is 13.4. The van der Waals surface area contributed by atoms with Crippen LogP contribution >= 0.6 is 0 Å². The molecule has 1 aromatic carbocycles. The lowest BCUT2D eigenvalue weighted by atomic mass is 9.79. The summed E-state index contributed by atoms with van der Waals surface area (Å²) in [7, 11) is 0. The molecule has 2 aliphatic heterocycles. The molecule has 2 aliphatic rings. The van der Waals surface area contributed by atoms with Crippen molar-refractivity contribution in [1.29, 1.82) is 0 Å². The molecular formula is C20H28F2N2O2. The van der Waals surface area contributed by atoms with Crippen molar-refractivity contribution in [1.82, 2.24) is 9.80 Å². The van der Waals surface area contributed by atoms with E-state index in [1.165, 1.54) is 12.1 Å². The SMILES string of the molecule is CC(C)(C)OC(=O)N1CCCC2(CCN(Cc3ccc(F)c(F)c3)C2)C1. The summed E-state index contributed by atoms with van der Waals surface area (Å²) in [4.78, 5) is 16.5. The van der Waals surface area contributed by atoms with E-state index >= 15 is 0 Å². The van der Waals surface area contributed by atoms with Gasteiger partial charge in [-0.3, -0.25) is 4.90 Å². The molecule has 26 heavy (non-hydrogen) atoms. The topological polar surface area (TPSA) is 32.8 Å². The number of likely N-dealkylation sites (tertiary alicyclic amines) is 2. The number of rotatable bonds is 2. The average Bonchev–Trinajstić information content (AvgIpc) is 2.91. The van der Waals surface area contributed by atoms with E-state index in [9.17, 15) is 13.6 Å². The Morgan fingerprint density at radius 3 is 2.62 bits per heavy atom. The Morgan fingerprint density at radius 2 is 1.92 bits per heavy atom. The van der Waals surface area contributed by atoms with Crippen LogP contribution in [0.2, 0.25) is 0 Å². The van der Waals surface area contributed by atoms with Crippen molar-refractivity contribution in [3.63, 3.8) is 0 Å². The molecule has 3 rings (SSSR count). The highest BCUT2D eigenvalue weighted by Gasteiger charge is 2.43. The fourth-order valence-corrected chi connectivity index (χ4v) is 4.08. The van der Waals surface area contributed by atoms with Gasteiger partial charge in [0, 0.05) is 31.6 Å². The number of carbonyl (C=O) groups excluding carboxylic acids is 1. The van der Waals surface area contributed by atoms with E-state index in [0.717, 1.165) is 44.5 Å². The number of nitrogens with zero attached hydrogens (tertiary/aromatic N) is 2. The standard InChI is InChI=1S/C20H28F2N2O2/c1-19(2,3)26-18(25)24-9-4-7-20(14-24)8-10-23(13-20)12-15-5-6-16(21)17(22)11-15/h5-6,11H,4,7-10,12-14H2,1-3H3. The zero-order chi connectivity index (χ0) is 18.9. The smallest absolute Gasteiger partial charge is 0.410 e. The van der Waals surface area contributed by atoms with Gasteiger partial charge in [0.1, 0.15) is 5.60 Å².